The monoisotopic (exact) mass is 473 g/mol. The van der Waals surface area contributed by atoms with Crippen molar-refractivity contribution in [3.8, 4) is 0 Å². The Morgan fingerprint density at radius 3 is 2.28 bits per heavy atom. The van der Waals surface area contributed by atoms with Crippen molar-refractivity contribution in [3.05, 3.63) is 69.9 Å². The van der Waals surface area contributed by atoms with Crippen LogP contribution in [-0.4, -0.2) is 9.97 Å². The summed E-state index contributed by atoms with van der Waals surface area (Å²) in [6.45, 7) is 0. The first-order chi connectivity index (χ1) is 11.9. The SMILES string of the molecule is FC(F)(F)c1cnc(Nc2ccc(I)cc2)nc1Sc1ccccc1. The number of rotatable bonds is 4. The lowest BCUT2D eigenvalue weighted by Gasteiger charge is -2.13. The maximum atomic E-state index is 13.2. The topological polar surface area (TPSA) is 37.8 Å². The van der Waals surface area contributed by atoms with Gasteiger partial charge < -0.3 is 5.32 Å². The van der Waals surface area contributed by atoms with Crippen molar-refractivity contribution in [1.29, 1.82) is 0 Å². The van der Waals surface area contributed by atoms with E-state index in [1.54, 1.807) is 30.3 Å². The zero-order valence-electron chi connectivity index (χ0n) is 12.6. The molecule has 0 aliphatic heterocycles. The molecule has 0 bridgehead atoms. The van der Waals surface area contributed by atoms with Crippen molar-refractivity contribution in [2.75, 3.05) is 5.32 Å². The highest BCUT2D eigenvalue weighted by Gasteiger charge is 2.35. The van der Waals surface area contributed by atoms with Crippen LogP contribution in [-0.2, 0) is 6.18 Å². The number of benzene rings is 2. The molecule has 8 heteroatoms. The molecule has 0 saturated heterocycles. The van der Waals surface area contributed by atoms with Gasteiger partial charge in [0.25, 0.3) is 0 Å². The second-order valence-corrected chi connectivity index (χ2v) is 7.27. The lowest BCUT2D eigenvalue weighted by Crippen LogP contribution is -2.10. The molecule has 128 valence electrons. The minimum atomic E-state index is -4.52. The number of nitrogens with one attached hydrogen (secondary N) is 1. The first-order valence-corrected chi connectivity index (χ1v) is 9.01. The number of aromatic nitrogens is 2. The smallest absolute Gasteiger partial charge is 0.324 e. The molecule has 0 spiro atoms. The van der Waals surface area contributed by atoms with Crippen molar-refractivity contribution in [3.63, 3.8) is 0 Å². The molecule has 1 N–H and O–H groups in total. The lowest BCUT2D eigenvalue weighted by molar-refractivity contribution is -0.140. The first-order valence-electron chi connectivity index (χ1n) is 7.11. The zero-order valence-corrected chi connectivity index (χ0v) is 15.6. The molecular formula is C17H11F3IN3S. The molecule has 0 aliphatic rings. The predicted molar refractivity (Wildman–Crippen MR) is 100 cm³/mol. The molecule has 0 aliphatic carbocycles. The van der Waals surface area contributed by atoms with Crippen LogP contribution in [0.1, 0.15) is 5.56 Å². The van der Waals surface area contributed by atoms with Crippen LogP contribution in [0.4, 0.5) is 24.8 Å². The minimum Gasteiger partial charge on any atom is -0.324 e. The molecule has 2 aromatic carbocycles. The fourth-order valence-electron chi connectivity index (χ4n) is 1.96. The average molecular weight is 473 g/mol. The summed E-state index contributed by atoms with van der Waals surface area (Å²) in [5, 5.41) is 2.79. The summed E-state index contributed by atoms with van der Waals surface area (Å²) in [6, 6.07) is 16.2. The summed E-state index contributed by atoms with van der Waals surface area (Å²) < 4.78 is 40.8. The van der Waals surface area contributed by atoms with Crippen molar-refractivity contribution in [1.82, 2.24) is 9.97 Å². The molecule has 1 aromatic heterocycles. The van der Waals surface area contributed by atoms with E-state index < -0.39 is 11.7 Å². The second kappa shape index (κ2) is 7.61. The van der Waals surface area contributed by atoms with Gasteiger partial charge in [-0.2, -0.15) is 13.2 Å². The van der Waals surface area contributed by atoms with Gasteiger partial charge in [0, 0.05) is 20.3 Å². The highest BCUT2D eigenvalue weighted by Crippen LogP contribution is 2.38. The maximum Gasteiger partial charge on any atom is 0.420 e. The number of nitrogens with zero attached hydrogens (tertiary/aromatic N) is 2. The lowest BCUT2D eigenvalue weighted by atomic mass is 10.3. The molecule has 0 saturated carbocycles. The summed E-state index contributed by atoms with van der Waals surface area (Å²) in [7, 11) is 0. The second-order valence-electron chi connectivity index (χ2n) is 4.96. The molecule has 25 heavy (non-hydrogen) atoms. The van der Waals surface area contributed by atoms with Crippen LogP contribution in [0.5, 0.6) is 0 Å². The third-order valence-electron chi connectivity index (χ3n) is 3.12. The van der Waals surface area contributed by atoms with Gasteiger partial charge in [0.2, 0.25) is 5.95 Å². The molecule has 3 nitrogen and oxygen atoms in total. The van der Waals surface area contributed by atoms with E-state index in [-0.39, 0.29) is 11.0 Å². The molecule has 0 unspecified atom stereocenters. The highest BCUT2D eigenvalue weighted by molar-refractivity contribution is 14.1. The zero-order chi connectivity index (χ0) is 17.9. The Bertz CT molecular complexity index is 855. The van der Waals surface area contributed by atoms with E-state index in [0.717, 1.165) is 21.5 Å². The Kier molecular flexibility index (Phi) is 5.48. The van der Waals surface area contributed by atoms with E-state index in [9.17, 15) is 13.2 Å². The number of alkyl halides is 3. The third-order valence-corrected chi connectivity index (χ3v) is 4.85. The van der Waals surface area contributed by atoms with Gasteiger partial charge in [-0.1, -0.05) is 30.0 Å². The molecule has 0 amide bonds. The standard InChI is InChI=1S/C17H11F3IN3S/c18-17(19,20)14-10-22-16(23-12-8-6-11(21)7-9-12)24-15(14)25-13-4-2-1-3-5-13/h1-10H,(H,22,23,24). The van der Waals surface area contributed by atoms with Crippen LogP contribution in [0, 0.1) is 3.57 Å². The van der Waals surface area contributed by atoms with E-state index in [1.165, 1.54) is 0 Å². The molecule has 0 atom stereocenters. The number of halogens is 4. The van der Waals surface area contributed by atoms with E-state index >= 15 is 0 Å². The fourth-order valence-corrected chi connectivity index (χ4v) is 3.25. The van der Waals surface area contributed by atoms with Crippen LogP contribution in [0.3, 0.4) is 0 Å². The number of hydrogen-bond donors (Lipinski definition) is 1. The van der Waals surface area contributed by atoms with E-state index in [1.807, 2.05) is 24.3 Å². The van der Waals surface area contributed by atoms with Crippen LogP contribution in [0.15, 0.2) is 70.7 Å². The summed E-state index contributed by atoms with van der Waals surface area (Å²) in [6.07, 6.45) is -3.70. The van der Waals surface area contributed by atoms with E-state index in [2.05, 4.69) is 37.9 Å². The van der Waals surface area contributed by atoms with E-state index in [0.29, 0.717) is 10.6 Å². The number of anilines is 2. The third kappa shape index (κ3) is 4.85. The highest BCUT2D eigenvalue weighted by atomic mass is 127. The van der Waals surface area contributed by atoms with Crippen molar-refractivity contribution in [2.24, 2.45) is 0 Å². The molecule has 0 fully saturated rings. The molecule has 1 heterocycles. The fraction of sp³-hybridized carbons (Fsp3) is 0.0588. The minimum absolute atomic E-state index is 0.118. The molecule has 3 rings (SSSR count). The van der Waals surface area contributed by atoms with Gasteiger partial charge in [0.15, 0.2) is 0 Å². The predicted octanol–water partition coefficient (Wildman–Crippen LogP) is 5.99. The normalized spacial score (nSPS) is 11.4. The van der Waals surface area contributed by atoms with Crippen LogP contribution in [0.25, 0.3) is 0 Å². The van der Waals surface area contributed by atoms with Gasteiger partial charge in [-0.05, 0) is 59.0 Å². The largest absolute Gasteiger partial charge is 0.420 e. The van der Waals surface area contributed by atoms with Gasteiger partial charge >= 0.3 is 6.18 Å². The number of hydrogen-bond acceptors (Lipinski definition) is 4. The first kappa shape index (κ1) is 18.0. The maximum absolute atomic E-state index is 13.2. The van der Waals surface area contributed by atoms with Gasteiger partial charge in [-0.3, -0.25) is 0 Å². The van der Waals surface area contributed by atoms with Gasteiger partial charge in [-0.15, -0.1) is 0 Å². The average Bonchev–Trinajstić information content (AvgIpc) is 2.57. The Labute approximate surface area is 160 Å². The van der Waals surface area contributed by atoms with Crippen molar-refractivity contribution in [2.45, 2.75) is 16.1 Å². The van der Waals surface area contributed by atoms with Crippen LogP contribution >= 0.6 is 34.4 Å². The molecular weight excluding hydrogens is 462 g/mol. The van der Waals surface area contributed by atoms with Crippen LogP contribution < -0.4 is 5.32 Å². The van der Waals surface area contributed by atoms with Crippen molar-refractivity contribution >= 4 is 46.0 Å². The van der Waals surface area contributed by atoms with E-state index in [4.69, 9.17) is 0 Å². The van der Waals surface area contributed by atoms with Gasteiger partial charge in [0.05, 0.1) is 0 Å². The van der Waals surface area contributed by atoms with Crippen LogP contribution in [0.2, 0.25) is 0 Å². The molecule has 3 aromatic rings. The van der Waals surface area contributed by atoms with Crippen molar-refractivity contribution < 1.29 is 13.2 Å². The molecule has 0 radical (unpaired) electrons. The van der Waals surface area contributed by atoms with Gasteiger partial charge in [0.1, 0.15) is 10.6 Å². The summed E-state index contributed by atoms with van der Waals surface area (Å²) in [5.74, 6) is 0.118. The Morgan fingerprint density at radius 2 is 1.64 bits per heavy atom. The summed E-state index contributed by atoms with van der Waals surface area (Å²) in [4.78, 5) is 8.55. The Morgan fingerprint density at radius 1 is 0.960 bits per heavy atom. The Hall–Kier alpha value is -1.81. The quantitative estimate of drug-likeness (QED) is 0.373. The summed E-state index contributed by atoms with van der Waals surface area (Å²) >= 11 is 3.13. The Balaban J connectivity index is 1.93. The van der Waals surface area contributed by atoms with Gasteiger partial charge in [-0.25, -0.2) is 9.97 Å². The summed E-state index contributed by atoms with van der Waals surface area (Å²) in [5.41, 5.74) is -0.148.